The molecular formula is C20H36O. The average molecular weight is 293 g/mol. The van der Waals surface area contributed by atoms with Gasteiger partial charge in [0.05, 0.1) is 0 Å². The first-order valence-corrected chi connectivity index (χ1v) is 9.59. The Morgan fingerprint density at radius 2 is 1.38 bits per heavy atom. The third kappa shape index (κ3) is 5.77. The Labute approximate surface area is 132 Å². The lowest BCUT2D eigenvalue weighted by Gasteiger charge is -2.37. The molecule has 0 atom stereocenters. The van der Waals surface area contributed by atoms with Gasteiger partial charge < -0.3 is 5.11 Å². The number of rotatable bonds is 7. The summed E-state index contributed by atoms with van der Waals surface area (Å²) in [5.74, 6) is 3.64. The first kappa shape index (κ1) is 17.1. The molecule has 2 aliphatic rings. The minimum atomic E-state index is 0.423. The standard InChI is InChI=1S/C20H36O/c1-2-3-4-5-6-7-17-8-12-19(13-9-17)20-14-10-18(16-21)11-15-20/h3-4,17-21H,2,5-16H2,1H3/b4-3-/t17-,18?,19-,20?. The van der Waals surface area contributed by atoms with Gasteiger partial charge in [-0.05, 0) is 81.5 Å². The molecule has 0 aromatic heterocycles. The lowest BCUT2D eigenvalue weighted by molar-refractivity contribution is 0.115. The third-order valence-electron chi connectivity index (χ3n) is 6.09. The van der Waals surface area contributed by atoms with E-state index in [-0.39, 0.29) is 0 Å². The molecule has 21 heavy (non-hydrogen) atoms. The van der Waals surface area contributed by atoms with E-state index in [1.165, 1.54) is 77.0 Å². The van der Waals surface area contributed by atoms with Crippen molar-refractivity contribution in [3.05, 3.63) is 12.2 Å². The largest absolute Gasteiger partial charge is 0.396 e. The minimum Gasteiger partial charge on any atom is -0.396 e. The summed E-state index contributed by atoms with van der Waals surface area (Å²) in [6.45, 7) is 2.64. The van der Waals surface area contributed by atoms with Crippen LogP contribution in [-0.4, -0.2) is 11.7 Å². The summed E-state index contributed by atoms with van der Waals surface area (Å²) in [5, 5.41) is 9.25. The van der Waals surface area contributed by atoms with E-state index in [4.69, 9.17) is 0 Å². The van der Waals surface area contributed by atoms with Crippen molar-refractivity contribution in [3.63, 3.8) is 0 Å². The van der Waals surface area contributed by atoms with E-state index in [0.717, 1.165) is 17.8 Å². The third-order valence-corrected chi connectivity index (χ3v) is 6.09. The predicted molar refractivity (Wildman–Crippen MR) is 91.3 cm³/mol. The fraction of sp³-hybridized carbons (Fsp3) is 0.900. The quantitative estimate of drug-likeness (QED) is 0.469. The van der Waals surface area contributed by atoms with Crippen molar-refractivity contribution in [2.24, 2.45) is 23.7 Å². The summed E-state index contributed by atoms with van der Waals surface area (Å²) < 4.78 is 0. The molecule has 1 heteroatoms. The van der Waals surface area contributed by atoms with Crippen LogP contribution in [0.15, 0.2) is 12.2 Å². The second kappa shape index (κ2) is 9.66. The summed E-state index contributed by atoms with van der Waals surface area (Å²) in [6.07, 6.45) is 21.3. The smallest absolute Gasteiger partial charge is 0.0459 e. The van der Waals surface area contributed by atoms with E-state index < -0.39 is 0 Å². The summed E-state index contributed by atoms with van der Waals surface area (Å²) in [5.41, 5.74) is 0. The van der Waals surface area contributed by atoms with E-state index in [1.54, 1.807) is 0 Å². The molecule has 1 nitrogen and oxygen atoms in total. The molecule has 0 heterocycles. The van der Waals surface area contributed by atoms with Crippen molar-refractivity contribution in [3.8, 4) is 0 Å². The molecule has 0 saturated heterocycles. The van der Waals surface area contributed by atoms with Crippen LogP contribution in [0.25, 0.3) is 0 Å². The average Bonchev–Trinajstić information content (AvgIpc) is 2.55. The van der Waals surface area contributed by atoms with Crippen LogP contribution in [0, 0.1) is 23.7 Å². The molecule has 0 aromatic carbocycles. The Balaban J connectivity index is 1.59. The zero-order chi connectivity index (χ0) is 14.9. The monoisotopic (exact) mass is 292 g/mol. The van der Waals surface area contributed by atoms with Crippen molar-refractivity contribution < 1.29 is 5.11 Å². The van der Waals surface area contributed by atoms with Gasteiger partial charge in [-0.1, -0.05) is 38.3 Å². The van der Waals surface area contributed by atoms with Crippen LogP contribution in [0.4, 0.5) is 0 Å². The minimum absolute atomic E-state index is 0.423. The summed E-state index contributed by atoms with van der Waals surface area (Å²) >= 11 is 0. The summed E-state index contributed by atoms with van der Waals surface area (Å²) in [6, 6.07) is 0. The normalized spacial score (nSPS) is 34.4. The molecule has 0 aliphatic heterocycles. The van der Waals surface area contributed by atoms with Crippen LogP contribution in [0.5, 0.6) is 0 Å². The molecule has 2 aliphatic carbocycles. The maximum Gasteiger partial charge on any atom is 0.0459 e. The first-order valence-electron chi connectivity index (χ1n) is 9.59. The van der Waals surface area contributed by atoms with Gasteiger partial charge in [-0.15, -0.1) is 0 Å². The van der Waals surface area contributed by atoms with Crippen molar-refractivity contribution in [1.82, 2.24) is 0 Å². The number of aliphatic hydroxyl groups excluding tert-OH is 1. The van der Waals surface area contributed by atoms with Gasteiger partial charge in [0.1, 0.15) is 0 Å². The van der Waals surface area contributed by atoms with Crippen LogP contribution in [-0.2, 0) is 0 Å². The van der Waals surface area contributed by atoms with Crippen molar-refractivity contribution in [2.45, 2.75) is 84.0 Å². The number of unbranched alkanes of at least 4 members (excludes halogenated alkanes) is 1. The number of aliphatic hydroxyl groups is 1. The second-order valence-electron chi connectivity index (χ2n) is 7.55. The molecule has 0 spiro atoms. The van der Waals surface area contributed by atoms with Crippen LogP contribution in [0.1, 0.15) is 84.0 Å². The highest BCUT2D eigenvalue weighted by Gasteiger charge is 2.30. The molecule has 0 radical (unpaired) electrons. The van der Waals surface area contributed by atoms with E-state index >= 15 is 0 Å². The van der Waals surface area contributed by atoms with Crippen LogP contribution < -0.4 is 0 Å². The fourth-order valence-electron chi connectivity index (χ4n) is 4.60. The van der Waals surface area contributed by atoms with Crippen LogP contribution in [0.3, 0.4) is 0 Å². The van der Waals surface area contributed by atoms with Gasteiger partial charge in [0.15, 0.2) is 0 Å². The zero-order valence-electron chi connectivity index (χ0n) is 14.1. The fourth-order valence-corrected chi connectivity index (χ4v) is 4.60. The van der Waals surface area contributed by atoms with Gasteiger partial charge in [0.25, 0.3) is 0 Å². The molecule has 2 rings (SSSR count). The van der Waals surface area contributed by atoms with Gasteiger partial charge >= 0.3 is 0 Å². The maximum atomic E-state index is 9.25. The van der Waals surface area contributed by atoms with Crippen LogP contribution in [0.2, 0.25) is 0 Å². The highest BCUT2D eigenvalue weighted by molar-refractivity contribution is 4.83. The molecule has 0 aromatic rings. The van der Waals surface area contributed by atoms with Gasteiger partial charge in [-0.2, -0.15) is 0 Å². The Morgan fingerprint density at radius 1 is 0.810 bits per heavy atom. The molecule has 0 amide bonds. The van der Waals surface area contributed by atoms with E-state index in [9.17, 15) is 5.11 Å². The highest BCUT2D eigenvalue weighted by atomic mass is 16.3. The molecule has 0 bridgehead atoms. The Morgan fingerprint density at radius 3 is 1.90 bits per heavy atom. The summed E-state index contributed by atoms with van der Waals surface area (Å²) in [4.78, 5) is 0. The number of allylic oxidation sites excluding steroid dienone is 2. The molecular weight excluding hydrogens is 256 g/mol. The van der Waals surface area contributed by atoms with Gasteiger partial charge in [0, 0.05) is 6.61 Å². The highest BCUT2D eigenvalue weighted by Crippen LogP contribution is 2.42. The lowest BCUT2D eigenvalue weighted by Crippen LogP contribution is -2.26. The molecule has 2 fully saturated rings. The first-order chi connectivity index (χ1) is 10.3. The van der Waals surface area contributed by atoms with Gasteiger partial charge in [-0.3, -0.25) is 0 Å². The lowest BCUT2D eigenvalue weighted by atomic mass is 9.69. The number of hydrogen-bond acceptors (Lipinski definition) is 1. The van der Waals surface area contributed by atoms with Crippen molar-refractivity contribution in [1.29, 1.82) is 0 Å². The molecule has 2 saturated carbocycles. The Bertz CT molecular complexity index is 280. The molecule has 1 N–H and O–H groups in total. The Hall–Kier alpha value is -0.300. The second-order valence-corrected chi connectivity index (χ2v) is 7.55. The molecule has 122 valence electrons. The predicted octanol–water partition coefficient (Wildman–Crippen LogP) is 5.73. The van der Waals surface area contributed by atoms with E-state index in [2.05, 4.69) is 19.1 Å². The van der Waals surface area contributed by atoms with Gasteiger partial charge in [-0.25, -0.2) is 0 Å². The van der Waals surface area contributed by atoms with Crippen molar-refractivity contribution >= 4 is 0 Å². The Kier molecular flexibility index (Phi) is 7.85. The van der Waals surface area contributed by atoms with Gasteiger partial charge in [0.2, 0.25) is 0 Å². The number of hydrogen-bond donors (Lipinski definition) is 1. The van der Waals surface area contributed by atoms with Crippen molar-refractivity contribution in [2.75, 3.05) is 6.61 Å². The maximum absolute atomic E-state index is 9.25. The topological polar surface area (TPSA) is 20.2 Å². The zero-order valence-corrected chi connectivity index (χ0v) is 14.1. The van der Waals surface area contributed by atoms with E-state index in [0.29, 0.717) is 12.5 Å². The summed E-state index contributed by atoms with van der Waals surface area (Å²) in [7, 11) is 0. The molecule has 0 unspecified atom stereocenters. The van der Waals surface area contributed by atoms with E-state index in [1.807, 2.05) is 0 Å². The SMILES string of the molecule is CC/C=C\CCC[C@H]1CC[C@H](C2CCC(CO)CC2)CC1. The van der Waals surface area contributed by atoms with Crippen LogP contribution >= 0.6 is 0 Å².